The van der Waals surface area contributed by atoms with Gasteiger partial charge in [0, 0.05) is 6.54 Å². The summed E-state index contributed by atoms with van der Waals surface area (Å²) in [5, 5.41) is 15.9. The van der Waals surface area contributed by atoms with Gasteiger partial charge < -0.3 is 20.4 Å². The van der Waals surface area contributed by atoms with E-state index in [0.29, 0.717) is 18.9 Å². The Balaban J connectivity index is 1.81. The van der Waals surface area contributed by atoms with Crippen LogP contribution in [-0.2, 0) is 14.4 Å². The number of rotatable bonds is 8. The van der Waals surface area contributed by atoms with E-state index in [0.717, 1.165) is 19.3 Å². The summed E-state index contributed by atoms with van der Waals surface area (Å²) in [6.07, 6.45) is 2.37. The van der Waals surface area contributed by atoms with E-state index in [2.05, 4.69) is 38.5 Å². The van der Waals surface area contributed by atoms with Crippen molar-refractivity contribution in [3.8, 4) is 0 Å². The Morgan fingerprint density at radius 2 is 1.88 bits per heavy atom. The van der Waals surface area contributed by atoms with Crippen molar-refractivity contribution in [1.29, 1.82) is 0 Å². The first kappa shape index (κ1) is 25.7. The predicted octanol–water partition coefficient (Wildman–Crippen LogP) is 1.57. The van der Waals surface area contributed by atoms with Crippen molar-refractivity contribution < 1.29 is 19.5 Å². The summed E-state index contributed by atoms with van der Waals surface area (Å²) in [6, 6.07) is -1.98. The van der Waals surface area contributed by atoms with Crippen LogP contribution in [0.4, 0.5) is 0 Å². The summed E-state index contributed by atoms with van der Waals surface area (Å²) in [5.41, 5.74) is -0.466. The van der Waals surface area contributed by atoms with Crippen molar-refractivity contribution in [3.05, 3.63) is 0 Å². The molecule has 0 spiro atoms. The van der Waals surface area contributed by atoms with Crippen LogP contribution in [0.3, 0.4) is 0 Å². The van der Waals surface area contributed by atoms with E-state index >= 15 is 0 Å². The molecule has 3 rings (SSSR count). The average molecular weight is 489 g/mol. The van der Waals surface area contributed by atoms with Crippen molar-refractivity contribution in [2.75, 3.05) is 6.54 Å². The molecule has 1 saturated heterocycles. The fraction of sp³-hybridized carbons (Fsp3) is 0.864. The lowest BCUT2D eigenvalue weighted by molar-refractivity contribution is -0.144. The molecule has 4 N–H and O–H groups in total. The number of piperidine rings is 1. The lowest BCUT2D eigenvalue weighted by atomic mass is 9.79. The Kier molecular flexibility index (Phi) is 7.51. The topological polar surface area (TPSA) is 111 Å². The molecule has 10 heteroatoms. The molecule has 2 saturated carbocycles. The first-order valence-electron chi connectivity index (χ1n) is 11.5. The first-order chi connectivity index (χ1) is 14.8. The Bertz CT molecular complexity index is 755. The molecule has 3 unspecified atom stereocenters. The van der Waals surface area contributed by atoms with Crippen LogP contribution >= 0.6 is 21.2 Å². The molecule has 1 aliphatic heterocycles. The minimum atomic E-state index is -1.35. The summed E-state index contributed by atoms with van der Waals surface area (Å²) >= 11 is 5.94. The summed E-state index contributed by atoms with van der Waals surface area (Å²) in [5.74, 6) is -0.400. The van der Waals surface area contributed by atoms with E-state index in [1.807, 2.05) is 20.8 Å². The highest BCUT2D eigenvalue weighted by atomic mass is 35.5. The third-order valence-electron chi connectivity index (χ3n) is 7.91. The standard InChI is InChI=1S/C22H38ClN4O4P/c1-21(2,3)17(25-23)20(31)27-10-12-14(22(12,4)5)15(27)18(29)24-13(9-11-7-6-8-11)16(28)19(30)26-32/h11-17,25,28H,6-10,32H2,1-5H3,(H,24,29)(H,26,30)/t12-,13?,14-,15-,16?,17+/m0/s1. The molecule has 8 nitrogen and oxygen atoms in total. The van der Waals surface area contributed by atoms with E-state index in [-0.39, 0.29) is 29.1 Å². The average Bonchev–Trinajstić information content (AvgIpc) is 3.03. The molecule has 2 aliphatic carbocycles. The summed E-state index contributed by atoms with van der Waals surface area (Å²) < 4.78 is 0. The molecule has 7 atom stereocenters. The maximum atomic E-state index is 13.6. The molecular formula is C22H38ClN4O4P. The van der Waals surface area contributed by atoms with Gasteiger partial charge in [-0.05, 0) is 56.2 Å². The van der Waals surface area contributed by atoms with Crippen LogP contribution in [0.2, 0.25) is 0 Å². The molecule has 3 fully saturated rings. The number of carbonyl (C=O) groups is 3. The molecule has 0 radical (unpaired) electrons. The Morgan fingerprint density at radius 1 is 1.25 bits per heavy atom. The normalized spacial score (nSPS) is 29.4. The van der Waals surface area contributed by atoms with Crippen LogP contribution in [-0.4, -0.2) is 58.5 Å². The van der Waals surface area contributed by atoms with Crippen molar-refractivity contribution >= 4 is 38.9 Å². The summed E-state index contributed by atoms with van der Waals surface area (Å²) in [7, 11) is 2.09. The number of hydrogen-bond acceptors (Lipinski definition) is 5. The third-order valence-corrected chi connectivity index (χ3v) is 8.42. The van der Waals surface area contributed by atoms with Gasteiger partial charge in [-0.1, -0.05) is 53.9 Å². The van der Waals surface area contributed by atoms with E-state index in [9.17, 15) is 19.5 Å². The SMILES string of the molecule is CC(C)(C)[C@H](NCl)C(=O)N1C[C@H]2[C@@H]([C@H]1C(=O)NC(CC1CCC1)C(O)C(=O)NP)C2(C)C. The van der Waals surface area contributed by atoms with Crippen molar-refractivity contribution in [2.24, 2.45) is 28.6 Å². The second kappa shape index (κ2) is 9.36. The smallest absolute Gasteiger partial charge is 0.253 e. The molecule has 0 bridgehead atoms. The van der Waals surface area contributed by atoms with Crippen molar-refractivity contribution in [1.82, 2.24) is 20.1 Å². The van der Waals surface area contributed by atoms with Crippen LogP contribution in [0.25, 0.3) is 0 Å². The van der Waals surface area contributed by atoms with Gasteiger partial charge in [-0.25, -0.2) is 4.84 Å². The summed E-state index contributed by atoms with van der Waals surface area (Å²) in [6.45, 7) is 10.5. The second-order valence-electron chi connectivity index (χ2n) is 11.4. The minimum Gasteiger partial charge on any atom is -0.381 e. The second-order valence-corrected chi connectivity index (χ2v) is 11.9. The molecule has 0 aromatic heterocycles. The molecule has 182 valence electrons. The number of nitrogens with zero attached hydrogens (tertiary/aromatic N) is 1. The van der Waals surface area contributed by atoms with Crippen molar-refractivity contribution in [3.63, 3.8) is 0 Å². The number of fused-ring (bicyclic) bond motifs is 1. The maximum absolute atomic E-state index is 13.6. The van der Waals surface area contributed by atoms with E-state index in [4.69, 9.17) is 11.8 Å². The first-order valence-corrected chi connectivity index (χ1v) is 12.5. The van der Waals surface area contributed by atoms with E-state index in [1.54, 1.807) is 4.90 Å². The van der Waals surface area contributed by atoms with Crippen molar-refractivity contribution in [2.45, 2.75) is 84.5 Å². The van der Waals surface area contributed by atoms with Crippen LogP contribution in [0.5, 0.6) is 0 Å². The Labute approximate surface area is 198 Å². The van der Waals surface area contributed by atoms with Gasteiger partial charge in [0.15, 0.2) is 6.10 Å². The van der Waals surface area contributed by atoms with Crippen LogP contribution in [0.1, 0.15) is 60.3 Å². The highest BCUT2D eigenvalue weighted by molar-refractivity contribution is 7.15. The highest BCUT2D eigenvalue weighted by Crippen LogP contribution is 2.65. The lowest BCUT2D eigenvalue weighted by Gasteiger charge is -2.38. The molecule has 0 aromatic carbocycles. The fourth-order valence-corrected chi connectivity index (χ4v) is 6.04. The van der Waals surface area contributed by atoms with Crippen LogP contribution < -0.4 is 15.2 Å². The largest absolute Gasteiger partial charge is 0.381 e. The van der Waals surface area contributed by atoms with E-state index < -0.39 is 35.6 Å². The molecular weight excluding hydrogens is 451 g/mol. The monoisotopic (exact) mass is 488 g/mol. The van der Waals surface area contributed by atoms with Gasteiger partial charge in [0.2, 0.25) is 11.8 Å². The number of nitrogens with one attached hydrogen (secondary N) is 3. The van der Waals surface area contributed by atoms with Crippen LogP contribution in [0.15, 0.2) is 0 Å². The highest BCUT2D eigenvalue weighted by Gasteiger charge is 2.69. The van der Waals surface area contributed by atoms with Gasteiger partial charge in [0.1, 0.15) is 12.1 Å². The Hall–Kier alpha value is -0.950. The third kappa shape index (κ3) is 4.79. The number of likely N-dealkylation sites (tertiary alicyclic amines) is 1. The molecule has 3 amide bonds. The van der Waals surface area contributed by atoms with Gasteiger partial charge in [0.25, 0.3) is 5.91 Å². The number of hydrogen-bond donors (Lipinski definition) is 4. The predicted molar refractivity (Wildman–Crippen MR) is 126 cm³/mol. The zero-order valence-electron chi connectivity index (χ0n) is 19.7. The molecule has 3 aliphatic rings. The summed E-state index contributed by atoms with van der Waals surface area (Å²) in [4.78, 5) is 43.3. The quantitative estimate of drug-likeness (QED) is 0.306. The molecule has 0 aromatic rings. The van der Waals surface area contributed by atoms with Gasteiger partial charge in [-0.3, -0.25) is 14.4 Å². The van der Waals surface area contributed by atoms with Crippen LogP contribution in [0, 0.1) is 28.6 Å². The zero-order chi connectivity index (χ0) is 24.0. The fourth-order valence-electron chi connectivity index (χ4n) is 5.45. The number of aliphatic hydroxyl groups excluding tert-OH is 1. The number of aliphatic hydroxyl groups is 1. The zero-order valence-corrected chi connectivity index (χ0v) is 21.6. The van der Waals surface area contributed by atoms with Gasteiger partial charge in [0.05, 0.1) is 6.04 Å². The van der Waals surface area contributed by atoms with Gasteiger partial charge in [-0.2, -0.15) is 0 Å². The lowest BCUT2D eigenvalue weighted by Crippen LogP contribution is -2.59. The Morgan fingerprint density at radius 3 is 2.34 bits per heavy atom. The minimum absolute atomic E-state index is 0.0378. The maximum Gasteiger partial charge on any atom is 0.253 e. The van der Waals surface area contributed by atoms with E-state index in [1.165, 1.54) is 0 Å². The number of halogens is 1. The molecule has 1 heterocycles. The van der Waals surface area contributed by atoms with Gasteiger partial charge >= 0.3 is 0 Å². The molecule has 32 heavy (non-hydrogen) atoms. The van der Waals surface area contributed by atoms with Gasteiger partial charge in [-0.15, -0.1) is 0 Å². The number of carbonyl (C=O) groups excluding carboxylic acids is 3. The number of amides is 3.